The first kappa shape index (κ1) is 23.8. The summed E-state index contributed by atoms with van der Waals surface area (Å²) in [5, 5.41) is 8.08. The van der Waals surface area contributed by atoms with E-state index in [4.69, 9.17) is 4.74 Å². The van der Waals surface area contributed by atoms with E-state index in [1.54, 1.807) is 0 Å². The van der Waals surface area contributed by atoms with Crippen LogP contribution in [0.15, 0.2) is 60.7 Å². The smallest absolute Gasteiger partial charge is 0.254 e. The molecule has 1 spiro atoms. The van der Waals surface area contributed by atoms with Gasteiger partial charge in [0.25, 0.3) is 5.91 Å². The number of aryl methyl sites for hydroxylation is 2. The fourth-order valence-corrected chi connectivity index (χ4v) is 5.87. The third-order valence-electron chi connectivity index (χ3n) is 7.56. The maximum absolute atomic E-state index is 13.9. The number of carbonyl (C=O) groups is 1. The lowest BCUT2D eigenvalue weighted by Gasteiger charge is -2.49. The molecule has 2 unspecified atom stereocenters. The molecule has 35 heavy (non-hydrogen) atoms. The van der Waals surface area contributed by atoms with Crippen LogP contribution in [0.2, 0.25) is 0 Å². The molecule has 1 amide bonds. The monoisotopic (exact) mass is 472 g/mol. The largest absolute Gasteiger partial charge is 0.367 e. The summed E-state index contributed by atoms with van der Waals surface area (Å²) in [6.45, 7) is 8.70. The van der Waals surface area contributed by atoms with Gasteiger partial charge in [-0.05, 0) is 89.4 Å². The van der Waals surface area contributed by atoms with Gasteiger partial charge in [0.15, 0.2) is 0 Å². The van der Waals surface area contributed by atoms with Crippen molar-refractivity contribution in [1.29, 1.82) is 0 Å². The van der Waals surface area contributed by atoms with E-state index in [1.807, 2.05) is 48.9 Å². The molecule has 0 bridgehead atoms. The summed E-state index contributed by atoms with van der Waals surface area (Å²) in [5.41, 5.74) is 4.66. The van der Waals surface area contributed by atoms with Crippen LogP contribution in [0.5, 0.6) is 0 Å². The third kappa shape index (κ3) is 4.91. The highest BCUT2D eigenvalue weighted by Crippen LogP contribution is 2.43. The zero-order chi connectivity index (χ0) is 24.4. The highest BCUT2D eigenvalue weighted by molar-refractivity contribution is 5.95. The fourth-order valence-electron chi connectivity index (χ4n) is 5.87. The van der Waals surface area contributed by atoms with Gasteiger partial charge in [0.2, 0.25) is 0 Å². The summed E-state index contributed by atoms with van der Waals surface area (Å²) in [4.78, 5) is 16.0. The van der Waals surface area contributed by atoms with Crippen LogP contribution in [0, 0.1) is 13.8 Å². The van der Waals surface area contributed by atoms with Crippen LogP contribution in [-0.4, -0.2) is 51.9 Å². The standard InChI is InChI=1S/C29H36N4O2/c1-4-32(28(34)24-11-8-12-25(18-24)33-22(3)17-21(2)31-33)26-19-27(23-9-6-5-7-10-23)35-29(20-26)13-15-30-16-14-29/h5-12,17-18,26-27,30H,4,13-16,19-20H2,1-3H3. The molecule has 184 valence electrons. The average molecular weight is 473 g/mol. The van der Waals surface area contributed by atoms with Crippen molar-refractivity contribution in [1.82, 2.24) is 20.0 Å². The predicted molar refractivity (Wildman–Crippen MR) is 138 cm³/mol. The minimum Gasteiger partial charge on any atom is -0.367 e. The number of amides is 1. The van der Waals surface area contributed by atoms with Crippen molar-refractivity contribution in [3.05, 3.63) is 83.2 Å². The number of nitrogens with zero attached hydrogens (tertiary/aromatic N) is 3. The lowest BCUT2D eigenvalue weighted by atomic mass is 9.79. The molecule has 0 saturated carbocycles. The topological polar surface area (TPSA) is 59.4 Å². The first-order valence-electron chi connectivity index (χ1n) is 12.9. The highest BCUT2D eigenvalue weighted by atomic mass is 16.5. The van der Waals surface area contributed by atoms with E-state index in [-0.39, 0.29) is 23.7 Å². The van der Waals surface area contributed by atoms with Crippen molar-refractivity contribution in [3.63, 3.8) is 0 Å². The Morgan fingerprint density at radius 2 is 1.89 bits per heavy atom. The van der Waals surface area contributed by atoms with Gasteiger partial charge < -0.3 is 15.0 Å². The lowest BCUT2D eigenvalue weighted by Crippen LogP contribution is -2.54. The van der Waals surface area contributed by atoms with Gasteiger partial charge in [-0.3, -0.25) is 4.79 Å². The second kappa shape index (κ2) is 9.96. The Hall–Kier alpha value is -2.96. The Morgan fingerprint density at radius 3 is 2.57 bits per heavy atom. The molecule has 2 fully saturated rings. The first-order valence-corrected chi connectivity index (χ1v) is 12.9. The Bertz CT molecular complexity index is 1170. The summed E-state index contributed by atoms with van der Waals surface area (Å²) < 4.78 is 8.72. The molecule has 2 aromatic carbocycles. The van der Waals surface area contributed by atoms with Crippen LogP contribution in [0.25, 0.3) is 5.69 Å². The zero-order valence-electron chi connectivity index (χ0n) is 21.0. The van der Waals surface area contributed by atoms with Crippen molar-refractivity contribution < 1.29 is 9.53 Å². The van der Waals surface area contributed by atoms with Gasteiger partial charge in [-0.2, -0.15) is 5.10 Å². The van der Waals surface area contributed by atoms with E-state index < -0.39 is 0 Å². The van der Waals surface area contributed by atoms with E-state index in [0.29, 0.717) is 12.1 Å². The number of nitrogens with one attached hydrogen (secondary N) is 1. The maximum atomic E-state index is 13.9. The van der Waals surface area contributed by atoms with Crippen molar-refractivity contribution in [2.45, 2.75) is 64.2 Å². The Morgan fingerprint density at radius 1 is 1.11 bits per heavy atom. The van der Waals surface area contributed by atoms with Gasteiger partial charge in [0.1, 0.15) is 0 Å². The van der Waals surface area contributed by atoms with Gasteiger partial charge in [-0.25, -0.2) is 4.68 Å². The number of aromatic nitrogens is 2. The van der Waals surface area contributed by atoms with Gasteiger partial charge in [-0.1, -0.05) is 36.4 Å². The Kier molecular flexibility index (Phi) is 6.76. The number of carbonyl (C=O) groups excluding carboxylic acids is 1. The molecule has 0 aliphatic carbocycles. The quantitative estimate of drug-likeness (QED) is 0.568. The number of hydrogen-bond donors (Lipinski definition) is 1. The average Bonchev–Trinajstić information content (AvgIpc) is 3.23. The molecule has 5 rings (SSSR count). The summed E-state index contributed by atoms with van der Waals surface area (Å²) in [6, 6.07) is 20.5. The first-order chi connectivity index (χ1) is 17.0. The van der Waals surface area contributed by atoms with Crippen LogP contribution >= 0.6 is 0 Å². The van der Waals surface area contributed by atoms with Gasteiger partial charge >= 0.3 is 0 Å². The van der Waals surface area contributed by atoms with E-state index >= 15 is 0 Å². The molecule has 1 N–H and O–H groups in total. The minimum absolute atomic E-state index is 0.00377. The van der Waals surface area contributed by atoms with E-state index in [0.717, 1.165) is 55.8 Å². The third-order valence-corrected chi connectivity index (χ3v) is 7.56. The molecule has 6 nitrogen and oxygen atoms in total. The van der Waals surface area contributed by atoms with Crippen LogP contribution in [0.3, 0.4) is 0 Å². The molecular formula is C29H36N4O2. The van der Waals surface area contributed by atoms with Crippen molar-refractivity contribution in [2.24, 2.45) is 0 Å². The second-order valence-corrected chi connectivity index (χ2v) is 10.0. The molecule has 1 aromatic heterocycles. The lowest BCUT2D eigenvalue weighted by molar-refractivity contribution is -0.162. The number of rotatable bonds is 5. The van der Waals surface area contributed by atoms with Crippen LogP contribution in [0.4, 0.5) is 0 Å². The molecule has 2 aliphatic rings. The molecule has 3 aromatic rings. The van der Waals surface area contributed by atoms with E-state index in [1.165, 1.54) is 5.56 Å². The number of ether oxygens (including phenoxy) is 1. The highest BCUT2D eigenvalue weighted by Gasteiger charge is 2.45. The normalized spacial score (nSPS) is 21.7. The molecule has 2 saturated heterocycles. The van der Waals surface area contributed by atoms with Gasteiger partial charge in [0.05, 0.1) is 23.1 Å². The second-order valence-electron chi connectivity index (χ2n) is 10.0. The fraction of sp³-hybridized carbons (Fsp3) is 0.448. The van der Waals surface area contributed by atoms with Crippen molar-refractivity contribution in [3.8, 4) is 5.69 Å². The minimum atomic E-state index is -0.187. The number of piperidine rings is 1. The molecule has 0 radical (unpaired) electrons. The van der Waals surface area contributed by atoms with Crippen LogP contribution < -0.4 is 5.32 Å². The number of hydrogen-bond acceptors (Lipinski definition) is 4. The Labute approximate surface area is 208 Å². The van der Waals surface area contributed by atoms with E-state index in [2.05, 4.69) is 52.6 Å². The van der Waals surface area contributed by atoms with Crippen molar-refractivity contribution in [2.75, 3.05) is 19.6 Å². The molecule has 6 heteroatoms. The zero-order valence-corrected chi connectivity index (χ0v) is 21.0. The molecular weight excluding hydrogens is 436 g/mol. The summed E-state index contributed by atoms with van der Waals surface area (Å²) >= 11 is 0. The van der Waals surface area contributed by atoms with Crippen molar-refractivity contribution >= 4 is 5.91 Å². The maximum Gasteiger partial charge on any atom is 0.254 e. The molecule has 2 atom stereocenters. The molecule has 2 aliphatic heterocycles. The van der Waals surface area contributed by atoms with Crippen LogP contribution in [-0.2, 0) is 4.74 Å². The molecule has 3 heterocycles. The predicted octanol–water partition coefficient (Wildman–Crippen LogP) is 4.99. The SMILES string of the molecule is CCN(C(=O)c1cccc(-n2nc(C)cc2C)c1)C1CC(c2ccccc2)OC2(CCNCC2)C1. The summed E-state index contributed by atoms with van der Waals surface area (Å²) in [7, 11) is 0. The van der Waals surface area contributed by atoms with Crippen LogP contribution in [0.1, 0.15) is 66.0 Å². The van der Waals surface area contributed by atoms with Gasteiger partial charge in [-0.15, -0.1) is 0 Å². The van der Waals surface area contributed by atoms with E-state index in [9.17, 15) is 4.79 Å². The summed E-state index contributed by atoms with van der Waals surface area (Å²) in [5.74, 6) is 0.0821. The summed E-state index contributed by atoms with van der Waals surface area (Å²) in [6.07, 6.45) is 3.65. The number of benzene rings is 2. The Balaban J connectivity index is 1.44. The van der Waals surface area contributed by atoms with Gasteiger partial charge in [0, 0.05) is 23.8 Å².